The Morgan fingerprint density at radius 1 is 0.969 bits per heavy atom. The van der Waals surface area contributed by atoms with Crippen molar-refractivity contribution in [2.45, 2.75) is 12.8 Å². The molecule has 8 nitrogen and oxygen atoms in total. The summed E-state index contributed by atoms with van der Waals surface area (Å²) >= 11 is 0. The smallest absolute Gasteiger partial charge is 0.232 e. The molecule has 3 rings (SSSR count). The van der Waals surface area contributed by atoms with Gasteiger partial charge in [-0.15, -0.1) is 0 Å². The molecule has 0 aliphatic carbocycles. The fourth-order valence-corrected chi connectivity index (χ4v) is 4.75. The molecule has 0 aromatic heterocycles. The van der Waals surface area contributed by atoms with Crippen LogP contribution in [0.5, 0.6) is 11.5 Å². The van der Waals surface area contributed by atoms with E-state index >= 15 is 0 Å². The molecule has 9 heteroatoms. The van der Waals surface area contributed by atoms with Gasteiger partial charge >= 0.3 is 0 Å². The number of rotatable bonds is 9. The van der Waals surface area contributed by atoms with Gasteiger partial charge in [0.15, 0.2) is 0 Å². The van der Waals surface area contributed by atoms with Crippen molar-refractivity contribution < 1.29 is 22.7 Å². The van der Waals surface area contributed by atoms with Crippen LogP contribution in [0.1, 0.15) is 12.8 Å². The number of carbonyl (C=O) groups excluding carboxylic acids is 1. The highest BCUT2D eigenvalue weighted by molar-refractivity contribution is 7.92. The molecule has 2 aromatic rings. The van der Waals surface area contributed by atoms with Crippen molar-refractivity contribution in [3.05, 3.63) is 48.5 Å². The summed E-state index contributed by atoms with van der Waals surface area (Å²) in [5.74, 6) is 1.46. The van der Waals surface area contributed by atoms with Gasteiger partial charge < -0.3 is 19.3 Å². The van der Waals surface area contributed by atoms with E-state index in [0.717, 1.165) is 24.5 Å². The molecule has 1 saturated heterocycles. The van der Waals surface area contributed by atoms with Crippen molar-refractivity contribution in [1.29, 1.82) is 0 Å². The van der Waals surface area contributed by atoms with E-state index in [1.807, 2.05) is 29.2 Å². The highest BCUT2D eigenvalue weighted by Gasteiger charge is 2.23. The van der Waals surface area contributed by atoms with Gasteiger partial charge in [0.05, 0.1) is 26.2 Å². The van der Waals surface area contributed by atoms with Gasteiger partial charge in [0.2, 0.25) is 15.9 Å². The average Bonchev–Trinajstić information content (AvgIpc) is 2.81. The quantitative estimate of drug-likeness (QED) is 0.571. The zero-order chi connectivity index (χ0) is 23.1. The molecule has 1 amide bonds. The SMILES string of the molecule is COc1ccc(N2CCN(C(=O)CCCN(c3cccc(OC)c3)S(C)(=O)=O)CC2)cc1. The molecule has 1 aliphatic heterocycles. The molecule has 1 fully saturated rings. The number of hydrogen-bond acceptors (Lipinski definition) is 6. The second-order valence-corrected chi connectivity index (χ2v) is 9.61. The summed E-state index contributed by atoms with van der Waals surface area (Å²) in [5, 5.41) is 0. The largest absolute Gasteiger partial charge is 0.497 e. The van der Waals surface area contributed by atoms with Crippen molar-refractivity contribution in [2.75, 3.05) is 62.4 Å². The molecule has 0 N–H and O–H groups in total. The fourth-order valence-electron chi connectivity index (χ4n) is 3.79. The number of nitrogens with zero attached hydrogens (tertiary/aromatic N) is 3. The first kappa shape index (κ1) is 23.7. The van der Waals surface area contributed by atoms with Crippen molar-refractivity contribution in [1.82, 2.24) is 4.90 Å². The van der Waals surface area contributed by atoms with E-state index in [-0.39, 0.29) is 12.5 Å². The summed E-state index contributed by atoms with van der Waals surface area (Å²) in [6.07, 6.45) is 1.92. The number of ether oxygens (including phenoxy) is 2. The van der Waals surface area contributed by atoms with E-state index in [4.69, 9.17) is 9.47 Å². The van der Waals surface area contributed by atoms with Crippen molar-refractivity contribution >= 4 is 27.3 Å². The Kier molecular flexibility index (Phi) is 7.84. The second-order valence-electron chi connectivity index (χ2n) is 7.71. The van der Waals surface area contributed by atoms with Crippen LogP contribution in [0.25, 0.3) is 0 Å². The molecule has 0 atom stereocenters. The third-order valence-corrected chi connectivity index (χ3v) is 6.76. The summed E-state index contributed by atoms with van der Waals surface area (Å²) in [7, 11) is -0.289. The Balaban J connectivity index is 1.51. The number of sulfonamides is 1. The van der Waals surface area contributed by atoms with E-state index < -0.39 is 10.0 Å². The zero-order valence-electron chi connectivity index (χ0n) is 18.9. The van der Waals surface area contributed by atoms with Crippen LogP contribution in [-0.4, -0.2) is 72.4 Å². The average molecular weight is 462 g/mol. The molecule has 0 unspecified atom stereocenters. The molecule has 1 heterocycles. The molecule has 32 heavy (non-hydrogen) atoms. The first-order valence-electron chi connectivity index (χ1n) is 10.6. The Hall–Kier alpha value is -2.94. The normalized spacial score (nSPS) is 14.2. The number of carbonyl (C=O) groups is 1. The number of hydrogen-bond donors (Lipinski definition) is 0. The number of benzene rings is 2. The number of methoxy groups -OCH3 is 2. The number of piperazine rings is 1. The molecule has 0 radical (unpaired) electrons. The summed E-state index contributed by atoms with van der Waals surface area (Å²) < 4.78 is 36.3. The van der Waals surface area contributed by atoms with Gasteiger partial charge in [-0.2, -0.15) is 0 Å². The lowest BCUT2D eigenvalue weighted by Gasteiger charge is -2.36. The third-order valence-electron chi connectivity index (χ3n) is 5.56. The summed E-state index contributed by atoms with van der Waals surface area (Å²) in [6, 6.07) is 14.8. The maximum atomic E-state index is 12.7. The molecule has 174 valence electrons. The van der Waals surface area contributed by atoms with E-state index in [0.29, 0.717) is 37.4 Å². The predicted molar refractivity (Wildman–Crippen MR) is 126 cm³/mol. The number of anilines is 2. The third kappa shape index (κ3) is 6.06. The van der Waals surface area contributed by atoms with Gasteiger partial charge in [-0.05, 0) is 42.8 Å². The minimum Gasteiger partial charge on any atom is -0.497 e. The standard InChI is InChI=1S/C23H31N3O5S/c1-30-21-11-9-19(10-12-21)24-14-16-25(17-15-24)23(27)8-5-13-26(32(3,28)29)20-6-4-7-22(18-20)31-2/h4,6-7,9-12,18H,5,8,13-17H2,1-3H3. The lowest BCUT2D eigenvalue weighted by molar-refractivity contribution is -0.131. The van der Waals surface area contributed by atoms with Gasteiger partial charge in [-0.3, -0.25) is 9.10 Å². The van der Waals surface area contributed by atoms with E-state index in [1.54, 1.807) is 31.4 Å². The first-order chi connectivity index (χ1) is 15.3. The summed E-state index contributed by atoms with van der Waals surface area (Å²) in [6.45, 7) is 3.06. The van der Waals surface area contributed by atoms with Gasteiger partial charge in [-0.25, -0.2) is 8.42 Å². The van der Waals surface area contributed by atoms with Gasteiger partial charge in [0.1, 0.15) is 11.5 Å². The minimum absolute atomic E-state index is 0.0541. The zero-order valence-corrected chi connectivity index (χ0v) is 19.7. The van der Waals surface area contributed by atoms with Crippen LogP contribution in [0.3, 0.4) is 0 Å². The summed E-state index contributed by atoms with van der Waals surface area (Å²) in [5.41, 5.74) is 1.65. The van der Waals surface area contributed by atoms with Crippen LogP contribution in [0.15, 0.2) is 48.5 Å². The van der Waals surface area contributed by atoms with Crippen LogP contribution in [0, 0.1) is 0 Å². The molecule has 0 spiro atoms. The van der Waals surface area contributed by atoms with Crippen molar-refractivity contribution in [3.8, 4) is 11.5 Å². The Morgan fingerprint density at radius 3 is 2.22 bits per heavy atom. The molecule has 0 saturated carbocycles. The van der Waals surface area contributed by atoms with Crippen LogP contribution >= 0.6 is 0 Å². The van der Waals surface area contributed by atoms with E-state index in [9.17, 15) is 13.2 Å². The molecular weight excluding hydrogens is 430 g/mol. The Bertz CT molecular complexity index is 1000. The van der Waals surface area contributed by atoms with Gasteiger partial charge in [0.25, 0.3) is 0 Å². The van der Waals surface area contributed by atoms with Crippen LogP contribution in [0.4, 0.5) is 11.4 Å². The van der Waals surface area contributed by atoms with Gasteiger partial charge in [-0.1, -0.05) is 6.07 Å². The van der Waals surface area contributed by atoms with Gasteiger partial charge in [0, 0.05) is 50.9 Å². The highest BCUT2D eigenvalue weighted by Crippen LogP contribution is 2.24. The predicted octanol–water partition coefficient (Wildman–Crippen LogP) is 2.60. The monoisotopic (exact) mass is 461 g/mol. The Labute approximate surface area is 190 Å². The van der Waals surface area contributed by atoms with Crippen molar-refractivity contribution in [3.63, 3.8) is 0 Å². The molecular formula is C23H31N3O5S. The molecule has 0 bridgehead atoms. The van der Waals surface area contributed by atoms with Crippen LogP contribution in [-0.2, 0) is 14.8 Å². The lowest BCUT2D eigenvalue weighted by Crippen LogP contribution is -2.48. The number of amides is 1. The molecule has 1 aliphatic rings. The lowest BCUT2D eigenvalue weighted by atomic mass is 10.2. The highest BCUT2D eigenvalue weighted by atomic mass is 32.2. The topological polar surface area (TPSA) is 79.4 Å². The maximum absolute atomic E-state index is 12.7. The second kappa shape index (κ2) is 10.6. The minimum atomic E-state index is -3.47. The first-order valence-corrected chi connectivity index (χ1v) is 12.4. The Morgan fingerprint density at radius 2 is 1.62 bits per heavy atom. The van der Waals surface area contributed by atoms with E-state index in [2.05, 4.69) is 4.90 Å². The van der Waals surface area contributed by atoms with E-state index in [1.165, 1.54) is 17.7 Å². The fraction of sp³-hybridized carbons (Fsp3) is 0.435. The maximum Gasteiger partial charge on any atom is 0.232 e. The summed E-state index contributed by atoms with van der Waals surface area (Å²) in [4.78, 5) is 16.8. The van der Waals surface area contributed by atoms with Crippen molar-refractivity contribution in [2.24, 2.45) is 0 Å². The molecule has 2 aromatic carbocycles. The van der Waals surface area contributed by atoms with Crippen LogP contribution in [0.2, 0.25) is 0 Å². The van der Waals surface area contributed by atoms with Crippen LogP contribution < -0.4 is 18.7 Å².